The van der Waals surface area contributed by atoms with Gasteiger partial charge in [0.05, 0.1) is 0 Å². The van der Waals surface area contributed by atoms with Gasteiger partial charge in [0, 0.05) is 34.3 Å². The fourth-order valence-electron chi connectivity index (χ4n) is 3.35. The van der Waals surface area contributed by atoms with Crippen LogP contribution in [-0.4, -0.2) is 11.7 Å². The molecule has 0 aliphatic heterocycles. The first-order valence-electron chi connectivity index (χ1n) is 9.49. The van der Waals surface area contributed by atoms with Crippen LogP contribution in [0.15, 0.2) is 91.1 Å². The van der Waals surface area contributed by atoms with E-state index in [1.807, 2.05) is 53.2 Å². The highest BCUT2D eigenvalue weighted by molar-refractivity contribution is 8.93. The van der Waals surface area contributed by atoms with E-state index in [0.29, 0.717) is 16.8 Å². The van der Waals surface area contributed by atoms with Crippen LogP contribution in [0, 0.1) is 6.92 Å². The lowest BCUT2D eigenvalue weighted by Crippen LogP contribution is -2.38. The number of halogens is 1. The van der Waals surface area contributed by atoms with Crippen molar-refractivity contribution in [3.8, 4) is 0 Å². The van der Waals surface area contributed by atoms with E-state index in [-0.39, 0.29) is 35.2 Å². The molecule has 1 amide bonds. The van der Waals surface area contributed by atoms with Crippen molar-refractivity contribution < 1.29 is 14.2 Å². The van der Waals surface area contributed by atoms with Crippen LogP contribution in [0.5, 0.6) is 0 Å². The summed E-state index contributed by atoms with van der Waals surface area (Å²) in [4.78, 5) is 25.0. The molecule has 30 heavy (non-hydrogen) atoms. The van der Waals surface area contributed by atoms with E-state index in [4.69, 9.17) is 0 Å². The summed E-state index contributed by atoms with van der Waals surface area (Å²) in [7, 11) is 0. The summed E-state index contributed by atoms with van der Waals surface area (Å²) >= 11 is 0. The molecule has 150 valence electrons. The molecule has 0 fully saturated rings. The maximum atomic E-state index is 12.8. The van der Waals surface area contributed by atoms with Crippen molar-refractivity contribution in [1.29, 1.82) is 0 Å². The minimum Gasteiger partial charge on any atom is -0.322 e. The molecule has 0 radical (unpaired) electrons. The Kier molecular flexibility index (Phi) is 6.75. The number of hydrogen-bond donors (Lipinski definition) is 1. The minimum absolute atomic E-state index is 0. The molecule has 4 aromatic rings. The van der Waals surface area contributed by atoms with E-state index >= 15 is 0 Å². The molecule has 0 atom stereocenters. The third-order valence-corrected chi connectivity index (χ3v) is 4.96. The van der Waals surface area contributed by atoms with Crippen LogP contribution in [0.2, 0.25) is 0 Å². The first-order valence-corrected chi connectivity index (χ1v) is 9.49. The molecule has 0 saturated carbocycles. The predicted octanol–water partition coefficient (Wildman–Crippen LogP) is 5.15. The van der Waals surface area contributed by atoms with Gasteiger partial charge in [-0.05, 0) is 55.0 Å². The number of carbonyl (C=O) groups is 2. The molecule has 1 aromatic heterocycles. The number of carbonyl (C=O) groups excluding carboxylic acids is 2. The van der Waals surface area contributed by atoms with E-state index < -0.39 is 0 Å². The van der Waals surface area contributed by atoms with E-state index in [1.165, 1.54) is 5.56 Å². The van der Waals surface area contributed by atoms with Gasteiger partial charge in [0.25, 0.3) is 5.91 Å². The molecule has 0 aliphatic carbocycles. The topological polar surface area (TPSA) is 50.0 Å². The minimum atomic E-state index is -0.175. The number of ketones is 1. The lowest BCUT2D eigenvalue weighted by atomic mass is 10.1. The Morgan fingerprint density at radius 2 is 1.47 bits per heavy atom. The maximum Gasteiger partial charge on any atom is 0.255 e. The van der Waals surface area contributed by atoms with Crippen molar-refractivity contribution in [2.45, 2.75) is 13.5 Å². The Bertz CT molecular complexity index is 1190. The zero-order chi connectivity index (χ0) is 20.2. The number of nitrogens with zero attached hydrogens (tertiary/aromatic N) is 1. The van der Waals surface area contributed by atoms with Crippen LogP contribution in [-0.2, 0) is 6.54 Å². The van der Waals surface area contributed by atoms with Gasteiger partial charge in [-0.25, -0.2) is 0 Å². The Hall–Kier alpha value is -3.31. The second kappa shape index (κ2) is 9.46. The summed E-state index contributed by atoms with van der Waals surface area (Å²) in [6, 6.07) is 26.1. The smallest absolute Gasteiger partial charge is 0.255 e. The molecular formula is C25H22BrN2O2+. The predicted molar refractivity (Wildman–Crippen MR) is 124 cm³/mol. The summed E-state index contributed by atoms with van der Waals surface area (Å²) in [6.45, 7) is 2.33. The highest BCUT2D eigenvalue weighted by Gasteiger charge is 2.16. The van der Waals surface area contributed by atoms with Gasteiger partial charge < -0.3 is 5.32 Å². The van der Waals surface area contributed by atoms with Gasteiger partial charge in [0.2, 0.25) is 17.8 Å². The summed E-state index contributed by atoms with van der Waals surface area (Å²) < 4.78 is 1.97. The molecule has 0 spiro atoms. The van der Waals surface area contributed by atoms with E-state index in [9.17, 15) is 9.59 Å². The van der Waals surface area contributed by atoms with Crippen LogP contribution in [0.25, 0.3) is 10.9 Å². The summed E-state index contributed by atoms with van der Waals surface area (Å²) in [5, 5.41) is 3.99. The molecule has 0 bridgehead atoms. The van der Waals surface area contributed by atoms with Crippen LogP contribution in [0.4, 0.5) is 5.69 Å². The van der Waals surface area contributed by atoms with Gasteiger partial charge in [-0.15, -0.1) is 17.0 Å². The second-order valence-corrected chi connectivity index (χ2v) is 6.96. The number of hydrogen-bond acceptors (Lipinski definition) is 2. The Balaban J connectivity index is 0.00000256. The molecule has 0 unspecified atom stereocenters. The van der Waals surface area contributed by atoms with Crippen LogP contribution < -0.4 is 9.88 Å². The Labute approximate surface area is 186 Å². The Morgan fingerprint density at radius 1 is 0.800 bits per heavy atom. The zero-order valence-corrected chi connectivity index (χ0v) is 18.3. The SMILES string of the molecule is Br.Cc1cc[n+](CC(=O)c2ccc(NC(=O)c3ccccc3)cc2)c2ccccc12. The number of amides is 1. The highest BCUT2D eigenvalue weighted by Crippen LogP contribution is 2.15. The van der Waals surface area contributed by atoms with Gasteiger partial charge in [0.1, 0.15) is 0 Å². The quantitative estimate of drug-likeness (QED) is 0.330. The largest absolute Gasteiger partial charge is 0.322 e. The lowest BCUT2D eigenvalue weighted by molar-refractivity contribution is -0.657. The molecule has 1 N–H and O–H groups in total. The zero-order valence-electron chi connectivity index (χ0n) is 16.5. The van der Waals surface area contributed by atoms with Gasteiger partial charge in [-0.2, -0.15) is 4.57 Å². The number of benzene rings is 3. The van der Waals surface area contributed by atoms with Gasteiger partial charge in [0.15, 0.2) is 6.20 Å². The summed E-state index contributed by atoms with van der Waals surface area (Å²) in [5.41, 5.74) is 4.08. The van der Waals surface area contributed by atoms with Crippen LogP contribution in [0.1, 0.15) is 26.3 Å². The van der Waals surface area contributed by atoms with Crippen molar-refractivity contribution in [2.24, 2.45) is 0 Å². The fraction of sp³-hybridized carbons (Fsp3) is 0.0800. The first-order chi connectivity index (χ1) is 14.1. The van der Waals surface area contributed by atoms with E-state index in [0.717, 1.165) is 10.9 Å². The Morgan fingerprint density at radius 3 is 2.20 bits per heavy atom. The average molecular weight is 462 g/mol. The third-order valence-electron chi connectivity index (χ3n) is 4.96. The van der Waals surface area contributed by atoms with Crippen molar-refractivity contribution in [3.05, 3.63) is 108 Å². The lowest BCUT2D eigenvalue weighted by Gasteiger charge is -2.07. The van der Waals surface area contributed by atoms with Crippen LogP contribution in [0.3, 0.4) is 0 Å². The number of fused-ring (bicyclic) bond motifs is 1. The number of Topliss-reactive ketones (excluding diaryl/α,β-unsaturated/α-hetero) is 1. The molecule has 1 heterocycles. The van der Waals surface area contributed by atoms with E-state index in [2.05, 4.69) is 18.3 Å². The summed E-state index contributed by atoms with van der Waals surface area (Å²) in [6.07, 6.45) is 1.95. The maximum absolute atomic E-state index is 12.8. The highest BCUT2D eigenvalue weighted by atomic mass is 79.9. The second-order valence-electron chi connectivity index (χ2n) is 6.96. The number of rotatable bonds is 5. The van der Waals surface area contributed by atoms with Gasteiger partial charge in [-0.1, -0.05) is 30.3 Å². The number of aromatic nitrogens is 1. The number of anilines is 1. The molecule has 0 saturated heterocycles. The van der Waals surface area contributed by atoms with Crippen molar-refractivity contribution in [1.82, 2.24) is 0 Å². The normalized spacial score (nSPS) is 10.3. The van der Waals surface area contributed by atoms with Crippen LogP contribution >= 0.6 is 17.0 Å². The molecule has 4 nitrogen and oxygen atoms in total. The third kappa shape index (κ3) is 4.63. The number of pyridine rings is 1. The number of para-hydroxylation sites is 1. The molecule has 4 rings (SSSR count). The monoisotopic (exact) mass is 461 g/mol. The average Bonchev–Trinajstić information content (AvgIpc) is 2.77. The standard InChI is InChI=1S/C25H20N2O2.BrH/c1-18-15-16-27(23-10-6-5-9-22(18)23)17-24(28)19-11-13-21(14-12-19)26-25(29)20-7-3-2-4-8-20;/h2-16H,17H2,1H3;1H/p+1. The molecule has 0 aliphatic rings. The van der Waals surface area contributed by atoms with Gasteiger partial charge >= 0.3 is 0 Å². The molecule has 3 aromatic carbocycles. The first kappa shape index (κ1) is 21.4. The van der Waals surface area contributed by atoms with E-state index in [1.54, 1.807) is 36.4 Å². The van der Waals surface area contributed by atoms with Crippen molar-refractivity contribution in [3.63, 3.8) is 0 Å². The molecular weight excluding hydrogens is 440 g/mol. The molecule has 5 heteroatoms. The number of nitrogens with one attached hydrogen (secondary N) is 1. The fourth-order valence-corrected chi connectivity index (χ4v) is 3.35. The summed E-state index contributed by atoms with van der Waals surface area (Å²) in [5.74, 6) is -0.156. The van der Waals surface area contributed by atoms with Crippen molar-refractivity contribution in [2.75, 3.05) is 5.32 Å². The number of aryl methyl sites for hydroxylation is 1. The van der Waals surface area contributed by atoms with Gasteiger partial charge in [-0.3, -0.25) is 9.59 Å². The van der Waals surface area contributed by atoms with Crippen molar-refractivity contribution >= 4 is 45.3 Å².